The Balaban J connectivity index is 1.65. The quantitative estimate of drug-likeness (QED) is 0.483. The fourth-order valence-electron chi connectivity index (χ4n) is 4.67. The average molecular weight is 329 g/mol. The summed E-state index contributed by atoms with van der Waals surface area (Å²) in [5.74, 6) is 4.34. The van der Waals surface area contributed by atoms with Gasteiger partial charge in [-0.3, -0.25) is 0 Å². The van der Waals surface area contributed by atoms with Crippen molar-refractivity contribution in [2.45, 2.75) is 84.0 Å². The molecule has 0 nitrogen and oxygen atoms in total. The van der Waals surface area contributed by atoms with Crippen molar-refractivity contribution >= 4 is 15.9 Å². The first-order valence-corrected chi connectivity index (χ1v) is 10.0. The summed E-state index contributed by atoms with van der Waals surface area (Å²) >= 11 is 3.57. The largest absolute Gasteiger partial charge is 0.0928 e. The van der Waals surface area contributed by atoms with Gasteiger partial charge in [0.15, 0.2) is 0 Å². The summed E-state index contributed by atoms with van der Waals surface area (Å²) in [6.07, 6.45) is 18.1. The Bertz CT molecular complexity index is 222. The van der Waals surface area contributed by atoms with E-state index in [-0.39, 0.29) is 0 Å². The average Bonchev–Trinajstić information content (AvgIpc) is 2.47. The molecule has 0 atom stereocenters. The van der Waals surface area contributed by atoms with Crippen molar-refractivity contribution in [3.05, 3.63) is 0 Å². The maximum absolute atomic E-state index is 3.57. The number of hydrogen-bond acceptors (Lipinski definition) is 0. The fraction of sp³-hybridized carbons (Fsp3) is 1.00. The van der Waals surface area contributed by atoms with Gasteiger partial charge in [0.25, 0.3) is 0 Å². The van der Waals surface area contributed by atoms with Gasteiger partial charge in [0.2, 0.25) is 0 Å². The van der Waals surface area contributed by atoms with Crippen molar-refractivity contribution in [3.8, 4) is 0 Å². The second kappa shape index (κ2) is 8.70. The molecule has 0 heterocycles. The van der Waals surface area contributed by atoms with Crippen LogP contribution in [0.2, 0.25) is 0 Å². The zero-order chi connectivity index (χ0) is 13.5. The zero-order valence-electron chi connectivity index (χ0n) is 12.9. The molecule has 0 spiro atoms. The van der Waals surface area contributed by atoms with Gasteiger partial charge in [0, 0.05) is 5.33 Å². The molecule has 0 aromatic rings. The van der Waals surface area contributed by atoms with Crippen LogP contribution in [-0.2, 0) is 0 Å². The van der Waals surface area contributed by atoms with Crippen LogP contribution in [0.25, 0.3) is 0 Å². The molecule has 1 heteroatoms. The van der Waals surface area contributed by atoms with Gasteiger partial charge in [0.1, 0.15) is 0 Å². The first-order valence-electron chi connectivity index (χ1n) is 8.89. The monoisotopic (exact) mass is 328 g/mol. The number of hydrogen-bond donors (Lipinski definition) is 0. The molecule has 0 saturated heterocycles. The fourth-order valence-corrected chi connectivity index (χ4v) is 4.99. The molecule has 0 radical (unpaired) electrons. The van der Waals surface area contributed by atoms with E-state index in [0.717, 1.165) is 23.7 Å². The molecular weight excluding hydrogens is 296 g/mol. The van der Waals surface area contributed by atoms with Crippen molar-refractivity contribution in [1.82, 2.24) is 0 Å². The van der Waals surface area contributed by atoms with Gasteiger partial charge >= 0.3 is 0 Å². The standard InChI is InChI=1S/C18H33Br/c1-2-4-15-6-10-17(11-7-15)18-12-8-16(9-13-18)5-3-14-19/h15-18H,2-14H2,1H3/t15-,16-,17-,18-. The van der Waals surface area contributed by atoms with Gasteiger partial charge in [-0.15, -0.1) is 0 Å². The molecule has 0 amide bonds. The minimum Gasteiger partial charge on any atom is -0.0928 e. The minimum absolute atomic E-state index is 1.06. The van der Waals surface area contributed by atoms with Crippen molar-refractivity contribution in [2.24, 2.45) is 23.7 Å². The molecule has 0 N–H and O–H groups in total. The number of rotatable bonds is 6. The highest BCUT2D eigenvalue weighted by Crippen LogP contribution is 2.42. The Hall–Kier alpha value is 0.480. The smallest absolute Gasteiger partial charge is 0.00314 e. The highest BCUT2D eigenvalue weighted by Gasteiger charge is 2.30. The van der Waals surface area contributed by atoms with E-state index >= 15 is 0 Å². The maximum Gasteiger partial charge on any atom is 0.00314 e. The first kappa shape index (κ1) is 15.9. The van der Waals surface area contributed by atoms with E-state index in [0.29, 0.717) is 0 Å². The lowest BCUT2D eigenvalue weighted by molar-refractivity contribution is 0.141. The van der Waals surface area contributed by atoms with Crippen LogP contribution in [0.15, 0.2) is 0 Å². The van der Waals surface area contributed by atoms with E-state index in [2.05, 4.69) is 22.9 Å². The van der Waals surface area contributed by atoms with E-state index in [1.165, 1.54) is 43.9 Å². The molecule has 2 rings (SSSR count). The lowest BCUT2D eigenvalue weighted by Gasteiger charge is -2.38. The van der Waals surface area contributed by atoms with E-state index < -0.39 is 0 Å². The molecule has 2 aliphatic carbocycles. The maximum atomic E-state index is 3.57. The van der Waals surface area contributed by atoms with Gasteiger partial charge in [-0.05, 0) is 62.2 Å². The third-order valence-corrected chi connectivity index (χ3v) is 6.45. The molecule has 0 aromatic heterocycles. The van der Waals surface area contributed by atoms with Crippen LogP contribution in [0, 0.1) is 23.7 Å². The SMILES string of the molecule is CCC[C@H]1CC[C@H]([C@H]2CC[C@H](CCCBr)CC2)CC1. The summed E-state index contributed by atoms with van der Waals surface area (Å²) in [5, 5.41) is 1.20. The summed E-state index contributed by atoms with van der Waals surface area (Å²) in [6, 6.07) is 0. The third kappa shape index (κ3) is 5.06. The van der Waals surface area contributed by atoms with E-state index in [1.54, 1.807) is 38.5 Å². The third-order valence-electron chi connectivity index (χ3n) is 5.89. The molecular formula is C18H33Br. The molecule has 0 unspecified atom stereocenters. The van der Waals surface area contributed by atoms with Crippen molar-refractivity contribution in [3.63, 3.8) is 0 Å². The van der Waals surface area contributed by atoms with Gasteiger partial charge in [0.05, 0.1) is 0 Å². The van der Waals surface area contributed by atoms with Crippen LogP contribution in [0.4, 0.5) is 0 Å². The summed E-state index contributed by atoms with van der Waals surface area (Å²) in [7, 11) is 0. The van der Waals surface area contributed by atoms with Gasteiger partial charge in [-0.1, -0.05) is 61.4 Å². The second-order valence-electron chi connectivity index (χ2n) is 7.18. The molecule has 112 valence electrons. The van der Waals surface area contributed by atoms with Crippen molar-refractivity contribution in [2.75, 3.05) is 5.33 Å². The zero-order valence-corrected chi connectivity index (χ0v) is 14.5. The van der Waals surface area contributed by atoms with Gasteiger partial charge in [-0.2, -0.15) is 0 Å². The topological polar surface area (TPSA) is 0 Å². The molecule has 2 fully saturated rings. The summed E-state index contributed by atoms with van der Waals surface area (Å²) in [4.78, 5) is 0. The molecule has 2 aliphatic rings. The molecule has 0 bridgehead atoms. The number of alkyl halides is 1. The van der Waals surface area contributed by atoms with Crippen molar-refractivity contribution in [1.29, 1.82) is 0 Å². The predicted molar refractivity (Wildman–Crippen MR) is 88.8 cm³/mol. The summed E-state index contributed by atoms with van der Waals surface area (Å²) < 4.78 is 0. The van der Waals surface area contributed by atoms with E-state index in [4.69, 9.17) is 0 Å². The predicted octanol–water partition coefficient (Wildman–Crippen LogP) is 6.57. The lowest BCUT2D eigenvalue weighted by Crippen LogP contribution is -2.25. The summed E-state index contributed by atoms with van der Waals surface area (Å²) in [5.41, 5.74) is 0. The van der Waals surface area contributed by atoms with E-state index in [9.17, 15) is 0 Å². The molecule has 19 heavy (non-hydrogen) atoms. The molecule has 0 aliphatic heterocycles. The Morgan fingerprint density at radius 2 is 1.21 bits per heavy atom. The van der Waals surface area contributed by atoms with Crippen LogP contribution in [0.1, 0.15) is 84.0 Å². The van der Waals surface area contributed by atoms with Gasteiger partial charge < -0.3 is 0 Å². The molecule has 2 saturated carbocycles. The lowest BCUT2D eigenvalue weighted by atomic mass is 9.68. The van der Waals surface area contributed by atoms with Crippen molar-refractivity contribution < 1.29 is 0 Å². The normalized spacial score (nSPS) is 36.3. The van der Waals surface area contributed by atoms with Crippen LogP contribution in [-0.4, -0.2) is 5.33 Å². The molecule has 0 aromatic carbocycles. The Morgan fingerprint density at radius 1 is 0.737 bits per heavy atom. The summed E-state index contributed by atoms with van der Waals surface area (Å²) in [6.45, 7) is 2.35. The Morgan fingerprint density at radius 3 is 1.63 bits per heavy atom. The highest BCUT2D eigenvalue weighted by atomic mass is 79.9. The van der Waals surface area contributed by atoms with Crippen LogP contribution in [0.5, 0.6) is 0 Å². The second-order valence-corrected chi connectivity index (χ2v) is 7.97. The van der Waals surface area contributed by atoms with E-state index in [1.807, 2.05) is 0 Å². The first-order chi connectivity index (χ1) is 9.33. The van der Waals surface area contributed by atoms with Crippen LogP contribution >= 0.6 is 15.9 Å². The Kier molecular flexibility index (Phi) is 7.26. The van der Waals surface area contributed by atoms with Crippen LogP contribution < -0.4 is 0 Å². The Labute approximate surface area is 129 Å². The van der Waals surface area contributed by atoms with Gasteiger partial charge in [-0.25, -0.2) is 0 Å². The van der Waals surface area contributed by atoms with Crippen LogP contribution in [0.3, 0.4) is 0 Å². The highest BCUT2D eigenvalue weighted by molar-refractivity contribution is 9.09. The minimum atomic E-state index is 1.06. The number of halogens is 1.